The van der Waals surface area contributed by atoms with Crippen molar-refractivity contribution < 1.29 is 8.42 Å². The molecule has 4 nitrogen and oxygen atoms in total. The summed E-state index contributed by atoms with van der Waals surface area (Å²) in [5, 5.41) is 1.88. The summed E-state index contributed by atoms with van der Waals surface area (Å²) in [4.78, 5) is 7.80. The number of halogens is 1. The lowest BCUT2D eigenvalue weighted by molar-refractivity contribution is 0.595. The Hall–Kier alpha value is -0.720. The van der Waals surface area contributed by atoms with E-state index >= 15 is 0 Å². The van der Waals surface area contributed by atoms with Crippen molar-refractivity contribution in [2.45, 2.75) is 5.03 Å². The summed E-state index contributed by atoms with van der Waals surface area (Å²) in [7, 11) is -3.38. The van der Waals surface area contributed by atoms with E-state index in [-0.39, 0.29) is 16.7 Å². The summed E-state index contributed by atoms with van der Waals surface area (Å²) in [6.07, 6.45) is 1.26. The minimum absolute atomic E-state index is 0.0687. The average Bonchev–Trinajstić information content (AvgIpc) is 2.64. The molecule has 0 aliphatic rings. The lowest BCUT2D eigenvalue weighted by Gasteiger charge is -2.01. The molecule has 2 aromatic heterocycles. The second kappa shape index (κ2) is 4.03. The number of sulfone groups is 1. The average molecular weight is 263 g/mol. The molecule has 7 heteroatoms. The third-order valence-electron chi connectivity index (χ3n) is 1.85. The van der Waals surface area contributed by atoms with Crippen LogP contribution in [0.2, 0.25) is 0 Å². The van der Waals surface area contributed by atoms with Gasteiger partial charge in [0.05, 0.1) is 16.0 Å². The van der Waals surface area contributed by atoms with Crippen LogP contribution in [0.5, 0.6) is 0 Å². The Bertz CT molecular complexity index is 579. The zero-order valence-corrected chi connectivity index (χ0v) is 9.94. The number of hydrogen-bond acceptors (Lipinski definition) is 5. The van der Waals surface area contributed by atoms with Gasteiger partial charge in [0, 0.05) is 5.88 Å². The first kappa shape index (κ1) is 10.8. The molecule has 0 saturated heterocycles. The number of fused-ring (bicyclic) bond motifs is 1. The smallest absolute Gasteiger partial charge is 0.198 e. The van der Waals surface area contributed by atoms with Crippen molar-refractivity contribution in [1.29, 1.82) is 0 Å². The van der Waals surface area contributed by atoms with Gasteiger partial charge in [-0.05, 0) is 11.4 Å². The topological polar surface area (TPSA) is 59.9 Å². The number of nitrogens with zero attached hydrogens (tertiary/aromatic N) is 2. The fourth-order valence-electron chi connectivity index (χ4n) is 1.19. The van der Waals surface area contributed by atoms with Crippen molar-refractivity contribution in [2.75, 3.05) is 11.6 Å². The quantitative estimate of drug-likeness (QED) is 0.624. The van der Waals surface area contributed by atoms with Crippen molar-refractivity contribution in [1.82, 2.24) is 9.97 Å². The number of hydrogen-bond donors (Lipinski definition) is 0. The van der Waals surface area contributed by atoms with Gasteiger partial charge in [0.25, 0.3) is 0 Å². The maximum Gasteiger partial charge on any atom is 0.198 e. The molecule has 0 aromatic carbocycles. The third kappa shape index (κ3) is 1.97. The molecule has 0 aliphatic carbocycles. The van der Waals surface area contributed by atoms with E-state index in [0.717, 1.165) is 0 Å². The van der Waals surface area contributed by atoms with Crippen LogP contribution in [-0.4, -0.2) is 30.0 Å². The highest BCUT2D eigenvalue weighted by Crippen LogP contribution is 2.25. The molecule has 0 saturated carbocycles. The van der Waals surface area contributed by atoms with Crippen LogP contribution >= 0.6 is 22.9 Å². The van der Waals surface area contributed by atoms with Crippen LogP contribution in [0.1, 0.15) is 0 Å². The molecule has 0 aliphatic heterocycles. The number of thiophene rings is 1. The van der Waals surface area contributed by atoms with Crippen molar-refractivity contribution in [3.05, 3.63) is 17.8 Å². The standard InChI is InChI=1S/C8H7ClN2O2S2/c9-2-4-15(12,13)8-7-6(1-3-14-7)10-5-11-8/h1,3,5H,2,4H2. The highest BCUT2D eigenvalue weighted by Gasteiger charge is 2.19. The highest BCUT2D eigenvalue weighted by molar-refractivity contribution is 7.91. The van der Waals surface area contributed by atoms with Gasteiger partial charge in [-0.25, -0.2) is 18.4 Å². The van der Waals surface area contributed by atoms with Crippen LogP contribution in [0, 0.1) is 0 Å². The maximum absolute atomic E-state index is 11.8. The Kier molecular flexibility index (Phi) is 2.90. The van der Waals surface area contributed by atoms with Crippen LogP contribution < -0.4 is 0 Å². The second-order valence-electron chi connectivity index (χ2n) is 2.82. The van der Waals surface area contributed by atoms with Crippen LogP contribution in [0.25, 0.3) is 10.2 Å². The highest BCUT2D eigenvalue weighted by atomic mass is 35.5. The largest absolute Gasteiger partial charge is 0.235 e. The lowest BCUT2D eigenvalue weighted by atomic mass is 10.5. The molecule has 0 spiro atoms. The summed E-state index contributed by atoms with van der Waals surface area (Å²) < 4.78 is 24.2. The zero-order valence-electron chi connectivity index (χ0n) is 7.55. The Morgan fingerprint density at radius 1 is 1.40 bits per heavy atom. The molecule has 2 rings (SSSR count). The molecule has 0 fully saturated rings. The monoisotopic (exact) mass is 262 g/mol. The zero-order chi connectivity index (χ0) is 10.9. The van der Waals surface area contributed by atoms with E-state index in [2.05, 4.69) is 9.97 Å². The number of aromatic nitrogens is 2. The number of alkyl halides is 1. The summed E-state index contributed by atoms with van der Waals surface area (Å²) in [6, 6.07) is 1.77. The van der Waals surface area contributed by atoms with Crippen LogP contribution in [0.15, 0.2) is 22.8 Å². The second-order valence-corrected chi connectivity index (χ2v) is 6.14. The van der Waals surface area contributed by atoms with E-state index in [1.807, 2.05) is 0 Å². The van der Waals surface area contributed by atoms with E-state index in [9.17, 15) is 8.42 Å². The molecule has 0 atom stereocenters. The van der Waals surface area contributed by atoms with Crippen LogP contribution in [0.3, 0.4) is 0 Å². The van der Waals surface area contributed by atoms with Crippen LogP contribution in [-0.2, 0) is 9.84 Å². The molecule has 0 bridgehead atoms. The maximum atomic E-state index is 11.8. The van der Waals surface area contributed by atoms with Gasteiger partial charge >= 0.3 is 0 Å². The van der Waals surface area contributed by atoms with Gasteiger partial charge in [0.15, 0.2) is 14.9 Å². The van der Waals surface area contributed by atoms with Crippen molar-refractivity contribution in [3.8, 4) is 0 Å². The molecule has 0 N–H and O–H groups in total. The summed E-state index contributed by atoms with van der Waals surface area (Å²) in [5.74, 6) is -0.0300. The van der Waals surface area contributed by atoms with Gasteiger partial charge in [-0.15, -0.1) is 22.9 Å². The first-order valence-electron chi connectivity index (χ1n) is 4.12. The first-order valence-corrected chi connectivity index (χ1v) is 7.19. The third-order valence-corrected chi connectivity index (χ3v) is 4.94. The lowest BCUT2D eigenvalue weighted by Crippen LogP contribution is -2.10. The SMILES string of the molecule is O=S(=O)(CCCl)c1ncnc2ccsc12. The molecule has 80 valence electrons. The van der Waals surface area contributed by atoms with Gasteiger partial charge in [0.2, 0.25) is 0 Å². The van der Waals surface area contributed by atoms with Gasteiger partial charge < -0.3 is 0 Å². The fourth-order valence-corrected chi connectivity index (χ4v) is 4.04. The minimum Gasteiger partial charge on any atom is -0.235 e. The predicted molar refractivity (Wildman–Crippen MR) is 60.2 cm³/mol. The molecule has 2 heterocycles. The normalized spacial score (nSPS) is 12.1. The fraction of sp³-hybridized carbons (Fsp3) is 0.250. The van der Waals surface area contributed by atoms with Crippen molar-refractivity contribution >= 4 is 43.0 Å². The Morgan fingerprint density at radius 2 is 2.20 bits per heavy atom. The van der Waals surface area contributed by atoms with E-state index in [1.54, 1.807) is 11.4 Å². The molecule has 0 amide bonds. The van der Waals surface area contributed by atoms with Crippen molar-refractivity contribution in [3.63, 3.8) is 0 Å². The first-order chi connectivity index (χ1) is 7.15. The Balaban J connectivity index is 2.66. The van der Waals surface area contributed by atoms with Gasteiger partial charge in [-0.3, -0.25) is 0 Å². The van der Waals surface area contributed by atoms with E-state index in [1.165, 1.54) is 17.7 Å². The molecule has 0 radical (unpaired) electrons. The number of rotatable bonds is 3. The molecule has 15 heavy (non-hydrogen) atoms. The minimum atomic E-state index is -3.38. The summed E-state index contributed by atoms with van der Waals surface area (Å²) >= 11 is 6.76. The summed E-state index contributed by atoms with van der Waals surface area (Å²) in [6.45, 7) is 0. The van der Waals surface area contributed by atoms with Gasteiger partial charge in [0.1, 0.15) is 6.33 Å². The van der Waals surface area contributed by atoms with Crippen LogP contribution in [0.4, 0.5) is 0 Å². The van der Waals surface area contributed by atoms with E-state index < -0.39 is 9.84 Å². The van der Waals surface area contributed by atoms with E-state index in [4.69, 9.17) is 11.6 Å². The van der Waals surface area contributed by atoms with Gasteiger partial charge in [-0.1, -0.05) is 0 Å². The summed E-state index contributed by atoms with van der Waals surface area (Å²) in [5.41, 5.74) is 0.656. The molecule has 0 unspecified atom stereocenters. The Morgan fingerprint density at radius 3 is 2.93 bits per heavy atom. The van der Waals surface area contributed by atoms with E-state index in [0.29, 0.717) is 10.2 Å². The Labute approximate surface area is 95.9 Å². The molecular formula is C8H7ClN2O2S2. The van der Waals surface area contributed by atoms with Crippen molar-refractivity contribution in [2.24, 2.45) is 0 Å². The molecule has 2 aromatic rings. The molecular weight excluding hydrogens is 256 g/mol. The van der Waals surface area contributed by atoms with Gasteiger partial charge in [-0.2, -0.15) is 0 Å². The predicted octanol–water partition coefficient (Wildman–Crippen LogP) is 1.70.